The van der Waals surface area contributed by atoms with Crippen LogP contribution in [0.15, 0.2) is 0 Å². The van der Waals surface area contributed by atoms with E-state index in [1.807, 2.05) is 6.92 Å². The summed E-state index contributed by atoms with van der Waals surface area (Å²) in [6.07, 6.45) is 7.12. The summed E-state index contributed by atoms with van der Waals surface area (Å²) in [5.74, 6) is 0.404. The monoisotopic (exact) mass is 200 g/mol. The third-order valence-corrected chi connectivity index (χ3v) is 2.26. The van der Waals surface area contributed by atoms with Crippen LogP contribution in [0.4, 0.5) is 0 Å². The third-order valence-electron chi connectivity index (χ3n) is 2.26. The lowest BCUT2D eigenvalue weighted by atomic mass is 10.1. The van der Waals surface area contributed by atoms with Crippen molar-refractivity contribution in [1.29, 1.82) is 0 Å². The van der Waals surface area contributed by atoms with E-state index in [2.05, 4.69) is 6.92 Å². The van der Waals surface area contributed by atoms with E-state index in [1.165, 1.54) is 19.3 Å². The number of ketones is 1. The molecule has 14 heavy (non-hydrogen) atoms. The van der Waals surface area contributed by atoms with Crippen LogP contribution in [-0.4, -0.2) is 19.0 Å². The quantitative estimate of drug-likeness (QED) is 0.505. The number of Topliss-reactive ketones (excluding diaryl/α,β-unsaturated/α-hetero) is 1. The minimum atomic E-state index is 0.404. The van der Waals surface area contributed by atoms with Gasteiger partial charge in [0.2, 0.25) is 0 Å². The van der Waals surface area contributed by atoms with Crippen LogP contribution in [0.25, 0.3) is 0 Å². The van der Waals surface area contributed by atoms with E-state index in [9.17, 15) is 4.79 Å². The molecule has 0 atom stereocenters. The van der Waals surface area contributed by atoms with Gasteiger partial charge in [0.05, 0.1) is 0 Å². The van der Waals surface area contributed by atoms with Gasteiger partial charge in [-0.15, -0.1) is 0 Å². The van der Waals surface area contributed by atoms with Gasteiger partial charge in [0.15, 0.2) is 0 Å². The first-order valence-corrected chi connectivity index (χ1v) is 5.90. The van der Waals surface area contributed by atoms with E-state index in [-0.39, 0.29) is 0 Å². The van der Waals surface area contributed by atoms with Gasteiger partial charge in [-0.05, 0) is 19.8 Å². The Morgan fingerprint density at radius 2 is 1.71 bits per heavy atom. The van der Waals surface area contributed by atoms with Crippen molar-refractivity contribution in [2.75, 3.05) is 13.2 Å². The summed E-state index contributed by atoms with van der Waals surface area (Å²) in [5.41, 5.74) is 0. The molecule has 2 heteroatoms. The van der Waals surface area contributed by atoms with Gasteiger partial charge in [-0.2, -0.15) is 0 Å². The first-order valence-electron chi connectivity index (χ1n) is 5.90. The molecule has 0 radical (unpaired) electrons. The number of carbonyl (C=O) groups excluding carboxylic acids is 1. The lowest BCUT2D eigenvalue weighted by molar-refractivity contribution is -0.119. The molecular weight excluding hydrogens is 176 g/mol. The van der Waals surface area contributed by atoms with Gasteiger partial charge in [-0.3, -0.25) is 4.79 Å². The van der Waals surface area contributed by atoms with Gasteiger partial charge in [0.1, 0.15) is 5.78 Å². The van der Waals surface area contributed by atoms with Gasteiger partial charge in [0, 0.05) is 26.1 Å². The van der Waals surface area contributed by atoms with Crippen LogP contribution >= 0.6 is 0 Å². The smallest absolute Gasteiger partial charge is 0.132 e. The fourth-order valence-electron chi connectivity index (χ4n) is 1.39. The van der Waals surface area contributed by atoms with Crippen molar-refractivity contribution < 1.29 is 9.53 Å². The van der Waals surface area contributed by atoms with Gasteiger partial charge >= 0.3 is 0 Å². The van der Waals surface area contributed by atoms with Crippen LogP contribution in [0.1, 0.15) is 58.8 Å². The van der Waals surface area contributed by atoms with Crippen LogP contribution in [0, 0.1) is 0 Å². The topological polar surface area (TPSA) is 26.3 Å². The molecule has 0 spiro atoms. The van der Waals surface area contributed by atoms with Crippen LogP contribution < -0.4 is 0 Å². The fraction of sp³-hybridized carbons (Fsp3) is 0.917. The zero-order valence-corrected chi connectivity index (χ0v) is 9.68. The van der Waals surface area contributed by atoms with E-state index >= 15 is 0 Å². The predicted molar refractivity (Wildman–Crippen MR) is 59.5 cm³/mol. The zero-order chi connectivity index (χ0) is 10.6. The maximum atomic E-state index is 11.3. The number of rotatable bonds is 10. The zero-order valence-electron chi connectivity index (χ0n) is 9.68. The van der Waals surface area contributed by atoms with Crippen molar-refractivity contribution in [3.8, 4) is 0 Å². The minimum absolute atomic E-state index is 0.404. The molecule has 0 bridgehead atoms. The summed E-state index contributed by atoms with van der Waals surface area (Å²) in [7, 11) is 0. The summed E-state index contributed by atoms with van der Waals surface area (Å²) < 4.78 is 5.17. The van der Waals surface area contributed by atoms with Gasteiger partial charge in [0.25, 0.3) is 0 Å². The lowest BCUT2D eigenvalue weighted by Gasteiger charge is -2.01. The Balaban J connectivity index is 3.11. The van der Waals surface area contributed by atoms with E-state index in [0.29, 0.717) is 12.2 Å². The van der Waals surface area contributed by atoms with Gasteiger partial charge in [-0.25, -0.2) is 0 Å². The summed E-state index contributed by atoms with van der Waals surface area (Å²) in [6.45, 7) is 5.65. The molecule has 0 aromatic rings. The van der Waals surface area contributed by atoms with Crippen LogP contribution in [0.3, 0.4) is 0 Å². The fourth-order valence-corrected chi connectivity index (χ4v) is 1.39. The second-order valence-corrected chi connectivity index (χ2v) is 3.65. The third kappa shape index (κ3) is 9.72. The number of hydrogen-bond acceptors (Lipinski definition) is 2. The Kier molecular flexibility index (Phi) is 10.4. The van der Waals surface area contributed by atoms with Crippen LogP contribution in [0.2, 0.25) is 0 Å². The highest BCUT2D eigenvalue weighted by atomic mass is 16.5. The van der Waals surface area contributed by atoms with Crippen molar-refractivity contribution >= 4 is 5.78 Å². The number of hydrogen-bond donors (Lipinski definition) is 0. The molecule has 0 amide bonds. The maximum absolute atomic E-state index is 11.3. The van der Waals surface area contributed by atoms with E-state index < -0.39 is 0 Å². The molecule has 0 rings (SSSR count). The van der Waals surface area contributed by atoms with Crippen molar-refractivity contribution in [2.24, 2.45) is 0 Å². The van der Waals surface area contributed by atoms with E-state index in [1.54, 1.807) is 0 Å². The molecule has 0 unspecified atom stereocenters. The Morgan fingerprint density at radius 3 is 2.36 bits per heavy atom. The Hall–Kier alpha value is -0.370. The molecule has 0 saturated heterocycles. The Labute approximate surface area is 88.0 Å². The summed E-state index contributed by atoms with van der Waals surface area (Å²) in [4.78, 5) is 11.3. The second-order valence-electron chi connectivity index (χ2n) is 3.65. The highest BCUT2D eigenvalue weighted by Crippen LogP contribution is 2.05. The average molecular weight is 200 g/mol. The van der Waals surface area contributed by atoms with Crippen LogP contribution in [-0.2, 0) is 9.53 Å². The van der Waals surface area contributed by atoms with Crippen LogP contribution in [0.5, 0.6) is 0 Å². The van der Waals surface area contributed by atoms with Crippen molar-refractivity contribution in [1.82, 2.24) is 0 Å². The lowest BCUT2D eigenvalue weighted by Crippen LogP contribution is -2.01. The standard InChI is InChI=1S/C12H24O2/c1-3-5-6-7-9-12(13)10-8-11-14-4-2/h3-11H2,1-2H3. The molecule has 0 saturated carbocycles. The first kappa shape index (κ1) is 13.6. The molecule has 0 N–H and O–H groups in total. The molecule has 0 aromatic heterocycles. The highest BCUT2D eigenvalue weighted by molar-refractivity contribution is 5.78. The van der Waals surface area contributed by atoms with Crippen molar-refractivity contribution in [3.63, 3.8) is 0 Å². The normalized spacial score (nSPS) is 10.4. The summed E-state index contributed by atoms with van der Waals surface area (Å²) >= 11 is 0. The molecule has 0 fully saturated rings. The molecular formula is C12H24O2. The number of ether oxygens (including phenoxy) is 1. The SMILES string of the molecule is CCCCCCC(=O)CCCOCC. The average Bonchev–Trinajstić information content (AvgIpc) is 2.19. The molecule has 0 aliphatic carbocycles. The van der Waals surface area contributed by atoms with Gasteiger partial charge < -0.3 is 4.74 Å². The highest BCUT2D eigenvalue weighted by Gasteiger charge is 2.00. The Bertz CT molecular complexity index is 118. The summed E-state index contributed by atoms with van der Waals surface area (Å²) in [6, 6.07) is 0. The predicted octanol–water partition coefficient (Wildman–Crippen LogP) is 3.34. The Morgan fingerprint density at radius 1 is 1.00 bits per heavy atom. The molecule has 0 aliphatic rings. The van der Waals surface area contributed by atoms with Gasteiger partial charge in [-0.1, -0.05) is 26.2 Å². The van der Waals surface area contributed by atoms with E-state index in [4.69, 9.17) is 4.74 Å². The van der Waals surface area contributed by atoms with E-state index in [0.717, 1.165) is 32.5 Å². The summed E-state index contributed by atoms with van der Waals surface area (Å²) in [5, 5.41) is 0. The molecule has 0 heterocycles. The second kappa shape index (κ2) is 10.7. The minimum Gasteiger partial charge on any atom is -0.382 e. The molecule has 0 aromatic carbocycles. The van der Waals surface area contributed by atoms with Crippen molar-refractivity contribution in [2.45, 2.75) is 58.8 Å². The largest absolute Gasteiger partial charge is 0.382 e. The molecule has 2 nitrogen and oxygen atoms in total. The first-order chi connectivity index (χ1) is 6.81. The number of carbonyl (C=O) groups is 1. The molecule has 84 valence electrons. The number of unbranched alkanes of at least 4 members (excludes halogenated alkanes) is 3. The molecule has 0 aliphatic heterocycles. The van der Waals surface area contributed by atoms with Crippen molar-refractivity contribution in [3.05, 3.63) is 0 Å². The maximum Gasteiger partial charge on any atom is 0.132 e.